The summed E-state index contributed by atoms with van der Waals surface area (Å²) < 4.78 is 7.04. The third-order valence-corrected chi connectivity index (χ3v) is 3.32. The van der Waals surface area contributed by atoms with Crippen molar-refractivity contribution in [3.63, 3.8) is 0 Å². The molecule has 0 saturated carbocycles. The molecule has 6 heteroatoms. The van der Waals surface area contributed by atoms with Crippen LogP contribution in [0.4, 0.5) is 0 Å². The summed E-state index contributed by atoms with van der Waals surface area (Å²) in [6, 6.07) is 0. The number of rotatable bonds is 1. The largest absolute Gasteiger partial charge is 0.376 e. The molecule has 0 aromatic carbocycles. The zero-order valence-electron chi connectivity index (χ0n) is 10.4. The predicted molar refractivity (Wildman–Crippen MR) is 65.2 cm³/mol. The van der Waals surface area contributed by atoms with Crippen molar-refractivity contribution < 1.29 is 4.74 Å². The molecule has 0 atom stereocenters. The fourth-order valence-electron chi connectivity index (χ4n) is 2.10. The summed E-state index contributed by atoms with van der Waals surface area (Å²) >= 11 is 0. The average molecular weight is 246 g/mol. The van der Waals surface area contributed by atoms with Gasteiger partial charge in [0, 0.05) is 19.2 Å². The van der Waals surface area contributed by atoms with Crippen molar-refractivity contribution in [1.29, 1.82) is 0 Å². The average Bonchev–Trinajstić information content (AvgIpc) is 2.70. The topological polar surface area (TPSA) is 72.8 Å². The van der Waals surface area contributed by atoms with Crippen molar-refractivity contribution in [2.75, 3.05) is 6.61 Å². The molecule has 94 valence electrons. The number of aryl methyl sites for hydroxylation is 1. The second-order valence-electron chi connectivity index (χ2n) is 4.41. The molecule has 3 rings (SSSR count). The molecule has 0 aliphatic carbocycles. The maximum atomic E-state index is 12.0. The third-order valence-electron chi connectivity index (χ3n) is 3.32. The van der Waals surface area contributed by atoms with Gasteiger partial charge in [-0.2, -0.15) is 5.10 Å². The molecule has 0 bridgehead atoms. The van der Waals surface area contributed by atoms with E-state index in [-0.39, 0.29) is 5.56 Å². The molecular formula is C12H14N4O2. The Morgan fingerprint density at radius 2 is 2.33 bits per heavy atom. The Morgan fingerprint density at radius 3 is 3.06 bits per heavy atom. The van der Waals surface area contributed by atoms with Crippen LogP contribution in [0, 0.1) is 6.92 Å². The molecule has 1 aliphatic heterocycles. The first-order chi connectivity index (χ1) is 8.66. The molecule has 1 aliphatic rings. The van der Waals surface area contributed by atoms with Crippen LogP contribution in [0.2, 0.25) is 0 Å². The van der Waals surface area contributed by atoms with E-state index in [2.05, 4.69) is 15.1 Å². The molecule has 0 radical (unpaired) electrons. The van der Waals surface area contributed by atoms with E-state index in [0.29, 0.717) is 31.0 Å². The molecule has 18 heavy (non-hydrogen) atoms. The third kappa shape index (κ3) is 1.65. The molecule has 0 fully saturated rings. The summed E-state index contributed by atoms with van der Waals surface area (Å²) in [4.78, 5) is 19.3. The number of nitrogens with one attached hydrogen (secondary N) is 1. The van der Waals surface area contributed by atoms with Gasteiger partial charge in [0.05, 0.1) is 36.2 Å². The van der Waals surface area contributed by atoms with Crippen LogP contribution in [0.25, 0.3) is 11.4 Å². The smallest absolute Gasteiger partial charge is 0.256 e. The minimum absolute atomic E-state index is 0.113. The maximum Gasteiger partial charge on any atom is 0.256 e. The Kier molecular flexibility index (Phi) is 2.52. The summed E-state index contributed by atoms with van der Waals surface area (Å²) in [5.41, 5.74) is 3.21. The van der Waals surface area contributed by atoms with Crippen molar-refractivity contribution in [3.8, 4) is 11.4 Å². The van der Waals surface area contributed by atoms with Gasteiger partial charge in [-0.15, -0.1) is 0 Å². The van der Waals surface area contributed by atoms with E-state index in [1.54, 1.807) is 10.9 Å². The molecule has 0 spiro atoms. The molecule has 0 amide bonds. The molecule has 6 nitrogen and oxygen atoms in total. The summed E-state index contributed by atoms with van der Waals surface area (Å²) in [5.74, 6) is 0.589. The lowest BCUT2D eigenvalue weighted by Crippen LogP contribution is -2.24. The van der Waals surface area contributed by atoms with E-state index in [4.69, 9.17) is 4.74 Å². The van der Waals surface area contributed by atoms with Crippen LogP contribution < -0.4 is 5.56 Å². The van der Waals surface area contributed by atoms with E-state index in [1.807, 2.05) is 14.0 Å². The maximum absolute atomic E-state index is 12.0. The van der Waals surface area contributed by atoms with Crippen molar-refractivity contribution >= 4 is 0 Å². The Labute approximate surface area is 104 Å². The summed E-state index contributed by atoms with van der Waals surface area (Å²) in [6.45, 7) is 2.92. The first-order valence-electron chi connectivity index (χ1n) is 5.85. The van der Waals surface area contributed by atoms with E-state index in [0.717, 1.165) is 17.0 Å². The number of H-pyrrole nitrogens is 1. The first kappa shape index (κ1) is 11.2. The Balaban J connectivity index is 2.17. The van der Waals surface area contributed by atoms with E-state index >= 15 is 0 Å². The predicted octanol–water partition coefficient (Wildman–Crippen LogP) is 0.552. The molecule has 1 N–H and O–H groups in total. The van der Waals surface area contributed by atoms with Gasteiger partial charge in [-0.3, -0.25) is 9.48 Å². The molecule has 2 aromatic heterocycles. The summed E-state index contributed by atoms with van der Waals surface area (Å²) in [7, 11) is 1.86. The van der Waals surface area contributed by atoms with Crippen LogP contribution in [0.5, 0.6) is 0 Å². The number of aromatic amines is 1. The van der Waals surface area contributed by atoms with Crippen LogP contribution >= 0.6 is 0 Å². The van der Waals surface area contributed by atoms with Gasteiger partial charge in [0.15, 0.2) is 0 Å². The van der Waals surface area contributed by atoms with Crippen LogP contribution in [-0.2, 0) is 24.8 Å². The molecule has 2 aromatic rings. The zero-order chi connectivity index (χ0) is 12.7. The van der Waals surface area contributed by atoms with Gasteiger partial charge in [-0.25, -0.2) is 4.98 Å². The quantitative estimate of drug-likeness (QED) is 0.797. The normalized spacial score (nSPS) is 14.6. The number of hydrogen-bond acceptors (Lipinski definition) is 4. The summed E-state index contributed by atoms with van der Waals surface area (Å²) in [6.07, 6.45) is 2.41. The van der Waals surface area contributed by atoms with Gasteiger partial charge in [-0.05, 0) is 6.92 Å². The Bertz CT molecular complexity index is 657. The van der Waals surface area contributed by atoms with Gasteiger partial charge in [0.25, 0.3) is 5.56 Å². The highest BCUT2D eigenvalue weighted by molar-refractivity contribution is 5.57. The van der Waals surface area contributed by atoms with Gasteiger partial charge < -0.3 is 9.72 Å². The lowest BCUT2D eigenvalue weighted by Gasteiger charge is -2.15. The van der Waals surface area contributed by atoms with E-state index in [9.17, 15) is 4.79 Å². The van der Waals surface area contributed by atoms with Crippen molar-refractivity contribution in [3.05, 3.63) is 33.5 Å². The number of aromatic nitrogens is 4. The first-order valence-corrected chi connectivity index (χ1v) is 5.85. The number of ether oxygens (including phenoxy) is 1. The van der Waals surface area contributed by atoms with Crippen LogP contribution in [-0.4, -0.2) is 26.4 Å². The number of hydrogen-bond donors (Lipinski definition) is 1. The van der Waals surface area contributed by atoms with Gasteiger partial charge in [-0.1, -0.05) is 0 Å². The highest BCUT2D eigenvalue weighted by atomic mass is 16.5. The Hall–Kier alpha value is -1.95. The molecule has 0 unspecified atom stereocenters. The minimum Gasteiger partial charge on any atom is -0.376 e. The second-order valence-corrected chi connectivity index (χ2v) is 4.41. The van der Waals surface area contributed by atoms with Gasteiger partial charge in [0.2, 0.25) is 0 Å². The molecule has 0 saturated heterocycles. The standard InChI is InChI=1S/C12H14N4O2/c1-7-8(5-13-16(7)2)11-14-10-3-4-18-6-9(10)12(17)15-11/h5H,3-4,6H2,1-2H3,(H,14,15,17). The monoisotopic (exact) mass is 246 g/mol. The highest BCUT2D eigenvalue weighted by Crippen LogP contribution is 2.19. The van der Waals surface area contributed by atoms with Crippen LogP contribution in [0.15, 0.2) is 11.0 Å². The van der Waals surface area contributed by atoms with E-state index in [1.165, 1.54) is 0 Å². The van der Waals surface area contributed by atoms with Crippen molar-refractivity contribution in [2.45, 2.75) is 20.0 Å². The van der Waals surface area contributed by atoms with Crippen molar-refractivity contribution in [1.82, 2.24) is 19.7 Å². The summed E-state index contributed by atoms with van der Waals surface area (Å²) in [5, 5.41) is 4.16. The number of nitrogens with zero attached hydrogens (tertiary/aromatic N) is 3. The lowest BCUT2D eigenvalue weighted by atomic mass is 10.1. The fourth-order valence-corrected chi connectivity index (χ4v) is 2.10. The minimum atomic E-state index is -0.113. The molecule has 3 heterocycles. The number of fused-ring (bicyclic) bond motifs is 1. The Morgan fingerprint density at radius 1 is 1.50 bits per heavy atom. The SMILES string of the molecule is Cc1c(-c2nc3c(c(=O)[nH]2)COCC3)cnn1C. The second kappa shape index (κ2) is 4.06. The van der Waals surface area contributed by atoms with E-state index < -0.39 is 0 Å². The lowest BCUT2D eigenvalue weighted by molar-refractivity contribution is 0.108. The van der Waals surface area contributed by atoms with Crippen LogP contribution in [0.1, 0.15) is 17.0 Å². The molecular weight excluding hydrogens is 232 g/mol. The van der Waals surface area contributed by atoms with Crippen molar-refractivity contribution in [2.24, 2.45) is 7.05 Å². The van der Waals surface area contributed by atoms with Gasteiger partial charge in [0.1, 0.15) is 5.82 Å². The van der Waals surface area contributed by atoms with Crippen LogP contribution in [0.3, 0.4) is 0 Å². The highest BCUT2D eigenvalue weighted by Gasteiger charge is 2.18. The fraction of sp³-hybridized carbons (Fsp3) is 0.417. The van der Waals surface area contributed by atoms with Gasteiger partial charge >= 0.3 is 0 Å². The zero-order valence-corrected chi connectivity index (χ0v) is 10.4.